The molecule has 0 aliphatic heterocycles. The summed E-state index contributed by atoms with van der Waals surface area (Å²) in [5, 5.41) is 12.3. The van der Waals surface area contributed by atoms with Crippen LogP contribution in [0.25, 0.3) is 10.8 Å². The molecule has 0 aliphatic rings. The minimum atomic E-state index is -0.336. The van der Waals surface area contributed by atoms with Crippen LogP contribution >= 0.6 is 11.6 Å². The number of ether oxygens (including phenoxy) is 3. The van der Waals surface area contributed by atoms with Gasteiger partial charge in [-0.3, -0.25) is 4.79 Å². The van der Waals surface area contributed by atoms with E-state index in [0.717, 1.165) is 25.7 Å². The third kappa shape index (κ3) is 6.43. The van der Waals surface area contributed by atoms with Crippen molar-refractivity contribution in [1.82, 2.24) is 0 Å². The molecule has 0 atom stereocenters. The number of hydrogen-bond donors (Lipinski definition) is 1. The number of carbonyl (C=O) groups excluding carboxylic acids is 1. The minimum absolute atomic E-state index is 0.0868. The molecule has 0 aliphatic carbocycles. The van der Waals surface area contributed by atoms with E-state index in [-0.39, 0.29) is 41.2 Å². The summed E-state index contributed by atoms with van der Waals surface area (Å²) < 4.78 is 17.6. The Labute approximate surface area is 184 Å². The molecule has 2 aromatic rings. The molecule has 0 bridgehead atoms. The molecule has 0 saturated heterocycles. The predicted octanol–water partition coefficient (Wildman–Crippen LogP) is 7.04. The van der Waals surface area contributed by atoms with Crippen LogP contribution in [0.1, 0.15) is 73.1 Å². The molecule has 2 rings (SSSR count). The maximum atomic E-state index is 12.6. The van der Waals surface area contributed by atoms with E-state index in [1.165, 1.54) is 6.42 Å². The second kappa shape index (κ2) is 11.3. The maximum Gasteiger partial charge on any atom is 0.311 e. The van der Waals surface area contributed by atoms with Crippen molar-refractivity contribution in [2.75, 3.05) is 0 Å². The van der Waals surface area contributed by atoms with Crippen LogP contribution in [0.4, 0.5) is 0 Å². The van der Waals surface area contributed by atoms with Gasteiger partial charge in [-0.25, -0.2) is 0 Å². The third-order valence-electron chi connectivity index (χ3n) is 4.52. The van der Waals surface area contributed by atoms with Gasteiger partial charge in [0, 0.05) is 22.2 Å². The van der Waals surface area contributed by atoms with Crippen molar-refractivity contribution in [2.24, 2.45) is 0 Å². The Hall–Kier alpha value is -2.14. The van der Waals surface area contributed by atoms with Gasteiger partial charge in [-0.15, -0.1) is 0 Å². The number of unbranched alkanes of at least 4 members (excludes halogenated alkanes) is 4. The van der Waals surface area contributed by atoms with E-state index in [4.69, 9.17) is 25.8 Å². The molecule has 0 aromatic heterocycles. The molecule has 0 saturated carbocycles. The van der Waals surface area contributed by atoms with E-state index in [0.29, 0.717) is 22.2 Å². The quantitative estimate of drug-likeness (QED) is 0.232. The van der Waals surface area contributed by atoms with Gasteiger partial charge in [0.2, 0.25) is 11.5 Å². The number of esters is 1. The monoisotopic (exact) mass is 436 g/mol. The smallest absolute Gasteiger partial charge is 0.311 e. The number of aromatic hydroxyl groups is 1. The van der Waals surface area contributed by atoms with Crippen molar-refractivity contribution >= 4 is 28.3 Å². The second-order valence-corrected chi connectivity index (χ2v) is 8.43. The Morgan fingerprint density at radius 3 is 2.20 bits per heavy atom. The molecular weight excluding hydrogens is 404 g/mol. The molecule has 6 heteroatoms. The first-order valence-corrected chi connectivity index (χ1v) is 11.1. The van der Waals surface area contributed by atoms with Crippen molar-refractivity contribution in [2.45, 2.75) is 85.4 Å². The van der Waals surface area contributed by atoms with Crippen molar-refractivity contribution in [1.29, 1.82) is 0 Å². The summed E-state index contributed by atoms with van der Waals surface area (Å²) in [4.78, 5) is 12.6. The normalized spacial score (nSPS) is 11.3. The number of rotatable bonds is 11. The first-order valence-electron chi connectivity index (χ1n) is 10.8. The third-order valence-corrected chi connectivity index (χ3v) is 4.75. The van der Waals surface area contributed by atoms with Gasteiger partial charge in [-0.2, -0.15) is 0 Å². The van der Waals surface area contributed by atoms with Gasteiger partial charge in [0.25, 0.3) is 0 Å². The molecule has 0 heterocycles. The van der Waals surface area contributed by atoms with Gasteiger partial charge in [0.15, 0.2) is 11.5 Å². The average Bonchev–Trinajstić information content (AvgIpc) is 2.67. The molecule has 0 fully saturated rings. The molecular formula is C24H33ClO5. The lowest BCUT2D eigenvalue weighted by atomic mass is 10.1. The lowest BCUT2D eigenvalue weighted by Gasteiger charge is -2.22. The summed E-state index contributed by atoms with van der Waals surface area (Å²) >= 11 is 6.15. The van der Waals surface area contributed by atoms with Crippen LogP contribution in [-0.4, -0.2) is 23.3 Å². The summed E-state index contributed by atoms with van der Waals surface area (Å²) in [5.41, 5.74) is 0. The van der Waals surface area contributed by atoms with Gasteiger partial charge in [-0.05, 0) is 52.3 Å². The van der Waals surface area contributed by atoms with E-state index < -0.39 is 0 Å². The fraction of sp³-hybridized carbons (Fsp3) is 0.542. The number of hydrogen-bond acceptors (Lipinski definition) is 5. The first-order chi connectivity index (χ1) is 14.2. The zero-order chi connectivity index (χ0) is 22.3. The van der Waals surface area contributed by atoms with Gasteiger partial charge in [0.05, 0.1) is 12.2 Å². The van der Waals surface area contributed by atoms with E-state index in [9.17, 15) is 9.90 Å². The summed E-state index contributed by atoms with van der Waals surface area (Å²) in [6.07, 6.45) is 5.09. The van der Waals surface area contributed by atoms with Crippen LogP contribution in [0.5, 0.6) is 23.0 Å². The van der Waals surface area contributed by atoms with Gasteiger partial charge < -0.3 is 19.3 Å². The largest absolute Gasteiger partial charge is 0.504 e. The number of carbonyl (C=O) groups is 1. The van der Waals surface area contributed by atoms with Crippen molar-refractivity contribution in [3.05, 3.63) is 23.2 Å². The summed E-state index contributed by atoms with van der Waals surface area (Å²) in [6.45, 7) is 9.58. The van der Waals surface area contributed by atoms with Gasteiger partial charge in [0.1, 0.15) is 0 Å². The predicted molar refractivity (Wildman–Crippen MR) is 121 cm³/mol. The van der Waals surface area contributed by atoms with Crippen LogP contribution in [0.2, 0.25) is 5.02 Å². The average molecular weight is 437 g/mol. The molecule has 5 nitrogen and oxygen atoms in total. The molecule has 2 aromatic carbocycles. The number of halogens is 1. The molecule has 1 N–H and O–H groups in total. The second-order valence-electron chi connectivity index (χ2n) is 8.00. The van der Waals surface area contributed by atoms with Crippen LogP contribution in [0.15, 0.2) is 18.2 Å². The van der Waals surface area contributed by atoms with Crippen molar-refractivity contribution in [3.63, 3.8) is 0 Å². The SMILES string of the molecule is CCCCCCCC(=O)Oc1c(OC(C)C)c(OC(C)C)c(O)c2cc(Cl)ccc12. The number of fused-ring (bicyclic) bond motifs is 1. The Balaban J connectivity index is 2.48. The Kier molecular flexibility index (Phi) is 9.09. The topological polar surface area (TPSA) is 65.0 Å². The summed E-state index contributed by atoms with van der Waals surface area (Å²) in [7, 11) is 0. The highest BCUT2D eigenvalue weighted by molar-refractivity contribution is 6.31. The Bertz CT molecular complexity index is 861. The minimum Gasteiger partial charge on any atom is -0.504 e. The molecule has 0 spiro atoms. The van der Waals surface area contributed by atoms with Crippen LogP contribution in [0, 0.1) is 0 Å². The van der Waals surface area contributed by atoms with Gasteiger partial charge in [-0.1, -0.05) is 44.2 Å². The van der Waals surface area contributed by atoms with E-state index >= 15 is 0 Å². The molecule has 0 amide bonds. The lowest BCUT2D eigenvalue weighted by Crippen LogP contribution is -2.14. The molecule has 30 heavy (non-hydrogen) atoms. The number of phenolic OH excluding ortho intramolecular Hbond substituents is 1. The Morgan fingerprint density at radius 2 is 1.57 bits per heavy atom. The number of phenols is 1. The summed E-state index contributed by atoms with van der Waals surface area (Å²) in [6, 6.07) is 5.03. The molecule has 166 valence electrons. The standard InChI is InChI=1S/C24H33ClO5/c1-6-7-8-9-10-11-20(26)30-22-18-13-12-17(25)14-19(18)21(27)23(28-15(2)3)24(22)29-16(4)5/h12-16,27H,6-11H2,1-5H3. The van der Waals surface area contributed by atoms with E-state index in [1.807, 2.05) is 27.7 Å². The highest BCUT2D eigenvalue weighted by Crippen LogP contribution is 2.52. The Morgan fingerprint density at radius 1 is 0.933 bits per heavy atom. The van der Waals surface area contributed by atoms with Crippen LogP contribution < -0.4 is 14.2 Å². The van der Waals surface area contributed by atoms with E-state index in [2.05, 4.69) is 6.92 Å². The molecule has 0 radical (unpaired) electrons. The van der Waals surface area contributed by atoms with Crippen LogP contribution in [-0.2, 0) is 4.79 Å². The van der Waals surface area contributed by atoms with Crippen molar-refractivity contribution in [3.8, 4) is 23.0 Å². The fourth-order valence-corrected chi connectivity index (χ4v) is 3.36. The zero-order valence-corrected chi connectivity index (χ0v) is 19.3. The highest BCUT2D eigenvalue weighted by Gasteiger charge is 2.26. The zero-order valence-electron chi connectivity index (χ0n) is 18.6. The first kappa shape index (κ1) is 24.1. The van der Waals surface area contributed by atoms with Crippen molar-refractivity contribution < 1.29 is 24.1 Å². The van der Waals surface area contributed by atoms with Gasteiger partial charge >= 0.3 is 5.97 Å². The van der Waals surface area contributed by atoms with Crippen LogP contribution in [0.3, 0.4) is 0 Å². The fourth-order valence-electron chi connectivity index (χ4n) is 3.19. The maximum absolute atomic E-state index is 12.6. The highest BCUT2D eigenvalue weighted by atomic mass is 35.5. The lowest BCUT2D eigenvalue weighted by molar-refractivity contribution is -0.134. The summed E-state index contributed by atoms with van der Waals surface area (Å²) in [5.74, 6) is 0.209. The number of benzene rings is 2. The molecule has 0 unspecified atom stereocenters. The van der Waals surface area contributed by atoms with E-state index in [1.54, 1.807) is 18.2 Å².